The Morgan fingerprint density at radius 2 is 2.00 bits per heavy atom. The molecule has 6 nitrogen and oxygen atoms in total. The van der Waals surface area contributed by atoms with Crippen LogP contribution in [0.3, 0.4) is 0 Å². The Labute approximate surface area is 143 Å². The molecule has 1 aliphatic heterocycles. The van der Waals surface area contributed by atoms with Gasteiger partial charge in [-0.05, 0) is 24.8 Å². The lowest BCUT2D eigenvalue weighted by molar-refractivity contribution is -0.126. The van der Waals surface area contributed by atoms with Crippen molar-refractivity contribution in [3.63, 3.8) is 0 Å². The van der Waals surface area contributed by atoms with Gasteiger partial charge in [0.2, 0.25) is 5.91 Å². The van der Waals surface area contributed by atoms with Gasteiger partial charge in [-0.25, -0.2) is 0 Å². The van der Waals surface area contributed by atoms with Crippen LogP contribution in [0.1, 0.15) is 49.9 Å². The molecule has 1 unspecified atom stereocenters. The molecule has 2 rings (SSSR count). The van der Waals surface area contributed by atoms with Gasteiger partial charge < -0.3 is 19.7 Å². The maximum atomic E-state index is 12.3. The Hall–Kier alpha value is -1.82. The van der Waals surface area contributed by atoms with Gasteiger partial charge in [-0.2, -0.15) is 0 Å². The molecule has 0 saturated carbocycles. The summed E-state index contributed by atoms with van der Waals surface area (Å²) in [7, 11) is 0. The van der Waals surface area contributed by atoms with Gasteiger partial charge in [-0.1, -0.05) is 26.7 Å². The molecule has 1 saturated heterocycles. The lowest BCUT2D eigenvalue weighted by Gasteiger charge is -2.31. The topological polar surface area (TPSA) is 82.8 Å². The van der Waals surface area contributed by atoms with Crippen LogP contribution in [-0.4, -0.2) is 47.6 Å². The molecule has 0 spiro atoms. The quantitative estimate of drug-likeness (QED) is 0.798. The Kier molecular flexibility index (Phi) is 6.85. The molecule has 1 atom stereocenters. The second-order valence-corrected chi connectivity index (χ2v) is 6.47. The van der Waals surface area contributed by atoms with E-state index in [4.69, 9.17) is 4.42 Å². The van der Waals surface area contributed by atoms with E-state index in [9.17, 15) is 14.7 Å². The second-order valence-electron chi connectivity index (χ2n) is 6.47. The number of nitrogens with zero attached hydrogens (tertiary/aromatic N) is 1. The lowest BCUT2D eigenvalue weighted by atomic mass is 9.94. The summed E-state index contributed by atoms with van der Waals surface area (Å²) in [6, 6.07) is 1.65. The first kappa shape index (κ1) is 18.5. The van der Waals surface area contributed by atoms with Crippen LogP contribution < -0.4 is 5.32 Å². The number of hydrogen-bond acceptors (Lipinski definition) is 4. The summed E-state index contributed by atoms with van der Waals surface area (Å²) in [5, 5.41) is 13.0. The molecule has 0 bridgehead atoms. The first-order valence-electron chi connectivity index (χ1n) is 8.84. The summed E-state index contributed by atoms with van der Waals surface area (Å²) < 4.78 is 4.94. The number of carbonyl (C=O) groups excluding carboxylic acids is 2. The minimum atomic E-state index is -0.494. The highest BCUT2D eigenvalue weighted by atomic mass is 16.3. The summed E-state index contributed by atoms with van der Waals surface area (Å²) in [4.78, 5) is 26.2. The van der Waals surface area contributed by atoms with E-state index in [1.165, 1.54) is 12.5 Å². The zero-order valence-electron chi connectivity index (χ0n) is 14.5. The van der Waals surface area contributed by atoms with Crippen molar-refractivity contribution >= 4 is 11.8 Å². The normalized spacial score (nSPS) is 17.1. The summed E-state index contributed by atoms with van der Waals surface area (Å²) in [5.74, 6) is 0.0641. The van der Waals surface area contributed by atoms with E-state index in [-0.39, 0.29) is 23.7 Å². The third kappa shape index (κ3) is 4.60. The van der Waals surface area contributed by atoms with E-state index >= 15 is 0 Å². The van der Waals surface area contributed by atoms with Crippen molar-refractivity contribution in [1.82, 2.24) is 10.2 Å². The highest BCUT2D eigenvalue weighted by molar-refractivity contribution is 5.94. The molecule has 2 heterocycles. The van der Waals surface area contributed by atoms with E-state index in [1.54, 1.807) is 11.0 Å². The molecule has 0 aliphatic carbocycles. The maximum absolute atomic E-state index is 12.3. The SMILES string of the molecule is CCC(CC)C(O)CNC(=O)C1CCN(C(=O)c2ccoc2)CC1. The highest BCUT2D eigenvalue weighted by Crippen LogP contribution is 2.20. The lowest BCUT2D eigenvalue weighted by Crippen LogP contribution is -2.45. The van der Waals surface area contributed by atoms with E-state index in [1.807, 2.05) is 13.8 Å². The zero-order valence-corrected chi connectivity index (χ0v) is 14.5. The van der Waals surface area contributed by atoms with Crippen LogP contribution in [0, 0.1) is 11.8 Å². The molecule has 6 heteroatoms. The van der Waals surface area contributed by atoms with Crippen LogP contribution in [0.25, 0.3) is 0 Å². The molecule has 2 amide bonds. The van der Waals surface area contributed by atoms with E-state index in [0.29, 0.717) is 38.0 Å². The van der Waals surface area contributed by atoms with Gasteiger partial charge >= 0.3 is 0 Å². The van der Waals surface area contributed by atoms with Crippen molar-refractivity contribution in [3.8, 4) is 0 Å². The van der Waals surface area contributed by atoms with Crippen LogP contribution in [0.2, 0.25) is 0 Å². The molecule has 0 radical (unpaired) electrons. The average Bonchev–Trinajstić information content (AvgIpc) is 3.15. The number of carbonyl (C=O) groups is 2. The molecule has 2 N–H and O–H groups in total. The maximum Gasteiger partial charge on any atom is 0.257 e. The fraction of sp³-hybridized carbons (Fsp3) is 0.667. The molecule has 1 aromatic rings. The summed E-state index contributed by atoms with van der Waals surface area (Å²) in [6.45, 7) is 5.53. The van der Waals surface area contributed by atoms with Crippen molar-refractivity contribution in [2.24, 2.45) is 11.8 Å². The fourth-order valence-electron chi connectivity index (χ4n) is 3.26. The minimum absolute atomic E-state index is 0.0181. The van der Waals surface area contributed by atoms with Crippen LogP contribution in [-0.2, 0) is 4.79 Å². The van der Waals surface area contributed by atoms with E-state index in [0.717, 1.165) is 12.8 Å². The van der Waals surface area contributed by atoms with Crippen LogP contribution in [0.5, 0.6) is 0 Å². The summed E-state index contributed by atoms with van der Waals surface area (Å²) in [5.41, 5.74) is 0.547. The van der Waals surface area contributed by atoms with Gasteiger partial charge in [0.25, 0.3) is 5.91 Å². The van der Waals surface area contributed by atoms with Crippen LogP contribution in [0.4, 0.5) is 0 Å². The predicted molar refractivity (Wildman–Crippen MR) is 90.4 cm³/mol. The van der Waals surface area contributed by atoms with Gasteiger partial charge in [-0.15, -0.1) is 0 Å². The Morgan fingerprint density at radius 3 is 2.54 bits per heavy atom. The largest absolute Gasteiger partial charge is 0.472 e. The van der Waals surface area contributed by atoms with Crippen molar-refractivity contribution < 1.29 is 19.1 Å². The fourth-order valence-corrected chi connectivity index (χ4v) is 3.26. The molecular formula is C18H28N2O4. The van der Waals surface area contributed by atoms with Gasteiger partial charge in [-0.3, -0.25) is 9.59 Å². The van der Waals surface area contributed by atoms with Crippen molar-refractivity contribution in [3.05, 3.63) is 24.2 Å². The Balaban J connectivity index is 1.75. The number of nitrogens with one attached hydrogen (secondary N) is 1. The van der Waals surface area contributed by atoms with Crippen molar-refractivity contribution in [2.75, 3.05) is 19.6 Å². The van der Waals surface area contributed by atoms with Crippen molar-refractivity contribution in [1.29, 1.82) is 0 Å². The summed E-state index contributed by atoms with van der Waals surface area (Å²) >= 11 is 0. The molecule has 1 fully saturated rings. The van der Waals surface area contributed by atoms with Gasteiger partial charge in [0, 0.05) is 25.6 Å². The van der Waals surface area contributed by atoms with Gasteiger partial charge in [0.15, 0.2) is 0 Å². The highest BCUT2D eigenvalue weighted by Gasteiger charge is 2.28. The molecular weight excluding hydrogens is 308 g/mol. The third-order valence-electron chi connectivity index (χ3n) is 5.00. The number of piperidine rings is 1. The third-order valence-corrected chi connectivity index (χ3v) is 5.00. The molecule has 1 aromatic heterocycles. The summed E-state index contributed by atoms with van der Waals surface area (Å²) in [6.07, 6.45) is 5.54. The number of aliphatic hydroxyl groups excluding tert-OH is 1. The van der Waals surface area contributed by atoms with E-state index < -0.39 is 6.10 Å². The van der Waals surface area contributed by atoms with Gasteiger partial charge in [0.05, 0.1) is 17.9 Å². The number of likely N-dealkylation sites (tertiary alicyclic amines) is 1. The first-order valence-corrected chi connectivity index (χ1v) is 8.84. The van der Waals surface area contributed by atoms with Crippen molar-refractivity contribution in [2.45, 2.75) is 45.6 Å². The van der Waals surface area contributed by atoms with Crippen LogP contribution in [0.15, 0.2) is 23.0 Å². The number of aliphatic hydroxyl groups is 1. The first-order chi connectivity index (χ1) is 11.6. The number of hydrogen-bond donors (Lipinski definition) is 2. The Bertz CT molecular complexity index is 517. The average molecular weight is 336 g/mol. The minimum Gasteiger partial charge on any atom is -0.472 e. The second kappa shape index (κ2) is 8.87. The zero-order chi connectivity index (χ0) is 17.5. The Morgan fingerprint density at radius 1 is 1.33 bits per heavy atom. The molecule has 0 aromatic carbocycles. The molecule has 1 aliphatic rings. The number of amides is 2. The number of rotatable bonds is 7. The van der Waals surface area contributed by atoms with Crippen LogP contribution >= 0.6 is 0 Å². The molecule has 24 heavy (non-hydrogen) atoms. The standard InChI is InChI=1S/C18H28N2O4/c1-3-13(4-2)16(21)11-19-17(22)14-5-8-20(9-6-14)18(23)15-7-10-24-12-15/h7,10,12-14,16,21H,3-6,8-9,11H2,1-2H3,(H,19,22). The van der Waals surface area contributed by atoms with E-state index in [2.05, 4.69) is 5.32 Å². The monoisotopic (exact) mass is 336 g/mol. The smallest absolute Gasteiger partial charge is 0.257 e. The predicted octanol–water partition coefficient (Wildman–Crippen LogP) is 2.05. The number of furan rings is 1. The molecule has 134 valence electrons. The van der Waals surface area contributed by atoms with Gasteiger partial charge in [0.1, 0.15) is 6.26 Å².